The Labute approximate surface area is 183 Å². The van der Waals surface area contributed by atoms with Crippen LogP contribution >= 0.6 is 0 Å². The minimum Gasteiger partial charge on any atom is -0.362 e. The summed E-state index contributed by atoms with van der Waals surface area (Å²) >= 11 is 0. The number of hydrogen-bond donors (Lipinski definition) is 1. The third kappa shape index (κ3) is 4.98. The Morgan fingerprint density at radius 1 is 1.10 bits per heavy atom. The molecule has 3 aromatic rings. The molecule has 1 N–H and O–H groups in total. The zero-order chi connectivity index (χ0) is 21.7. The van der Waals surface area contributed by atoms with Gasteiger partial charge in [-0.05, 0) is 47.9 Å². The molecule has 1 fully saturated rings. The molecule has 3 heterocycles. The molecule has 2 aromatic heterocycles. The quantitative estimate of drug-likeness (QED) is 0.669. The van der Waals surface area contributed by atoms with Crippen LogP contribution in [0.3, 0.4) is 0 Å². The van der Waals surface area contributed by atoms with Gasteiger partial charge in [0.2, 0.25) is 0 Å². The second-order valence-electron chi connectivity index (χ2n) is 8.01. The lowest BCUT2D eigenvalue weighted by atomic mass is 9.90. The van der Waals surface area contributed by atoms with Crippen LogP contribution in [0.1, 0.15) is 17.0 Å². The molecule has 6 heteroatoms. The van der Waals surface area contributed by atoms with E-state index in [1.807, 2.05) is 37.3 Å². The molecular weight excluding hydrogens is 388 g/mol. The van der Waals surface area contributed by atoms with E-state index in [1.54, 1.807) is 19.4 Å². The smallest absolute Gasteiger partial charge is 0.253 e. The molecule has 1 aliphatic rings. The predicted molar refractivity (Wildman–Crippen MR) is 120 cm³/mol. The van der Waals surface area contributed by atoms with Crippen LogP contribution in [0, 0.1) is 6.92 Å². The number of likely N-dealkylation sites (N-methyl/N-ethyl adjacent to an activating group) is 1. The largest absolute Gasteiger partial charge is 0.362 e. The molecule has 0 spiro atoms. The number of morpholine rings is 1. The highest BCUT2D eigenvalue weighted by molar-refractivity contribution is 5.86. The standard InChI is InChI=1S/C25H28N4O2/c1-19-4-3-5-23(28-19)17-29-14-15-31-25(18-29,24(30)26-2)16-20-6-8-21(9-7-20)22-10-12-27-13-11-22/h3-13H,14-18H2,1-2H3,(H,26,30). The molecule has 1 aromatic carbocycles. The Hall–Kier alpha value is -3.09. The van der Waals surface area contributed by atoms with Gasteiger partial charge in [-0.15, -0.1) is 0 Å². The molecule has 6 nitrogen and oxygen atoms in total. The van der Waals surface area contributed by atoms with Crippen LogP contribution in [-0.4, -0.2) is 53.1 Å². The van der Waals surface area contributed by atoms with Crippen molar-refractivity contribution in [2.24, 2.45) is 0 Å². The number of benzene rings is 1. The molecule has 0 radical (unpaired) electrons. The lowest BCUT2D eigenvalue weighted by Crippen LogP contribution is -2.60. The maximum atomic E-state index is 12.9. The number of aromatic nitrogens is 2. The lowest BCUT2D eigenvalue weighted by Gasteiger charge is -2.41. The second-order valence-corrected chi connectivity index (χ2v) is 8.01. The fourth-order valence-corrected chi connectivity index (χ4v) is 4.15. The summed E-state index contributed by atoms with van der Waals surface area (Å²) < 4.78 is 6.15. The Bertz CT molecular complexity index is 1020. The zero-order valence-electron chi connectivity index (χ0n) is 18.0. The number of nitrogens with one attached hydrogen (secondary N) is 1. The first-order valence-corrected chi connectivity index (χ1v) is 10.6. The lowest BCUT2D eigenvalue weighted by molar-refractivity contribution is -0.160. The summed E-state index contributed by atoms with van der Waals surface area (Å²) in [4.78, 5) is 23.9. The van der Waals surface area contributed by atoms with Gasteiger partial charge in [-0.3, -0.25) is 19.7 Å². The van der Waals surface area contributed by atoms with Crippen molar-refractivity contribution < 1.29 is 9.53 Å². The Morgan fingerprint density at radius 3 is 2.55 bits per heavy atom. The van der Waals surface area contributed by atoms with Crippen molar-refractivity contribution in [2.75, 3.05) is 26.7 Å². The number of nitrogens with zero attached hydrogens (tertiary/aromatic N) is 3. The minimum absolute atomic E-state index is 0.0902. The summed E-state index contributed by atoms with van der Waals surface area (Å²) in [5, 5.41) is 2.81. The maximum Gasteiger partial charge on any atom is 0.253 e. The molecule has 1 atom stereocenters. The molecule has 1 unspecified atom stereocenters. The van der Waals surface area contributed by atoms with Gasteiger partial charge >= 0.3 is 0 Å². The summed E-state index contributed by atoms with van der Waals surface area (Å²) in [6, 6.07) is 18.3. The number of ether oxygens (including phenoxy) is 1. The molecule has 1 saturated heterocycles. The van der Waals surface area contributed by atoms with Crippen LogP contribution in [0.25, 0.3) is 11.1 Å². The normalized spacial score (nSPS) is 19.2. The van der Waals surface area contributed by atoms with Gasteiger partial charge in [0.05, 0.1) is 12.3 Å². The van der Waals surface area contributed by atoms with E-state index in [0.29, 0.717) is 26.1 Å². The van der Waals surface area contributed by atoms with Crippen molar-refractivity contribution >= 4 is 5.91 Å². The fourth-order valence-electron chi connectivity index (χ4n) is 4.15. The van der Waals surface area contributed by atoms with Gasteiger partial charge in [0.1, 0.15) is 0 Å². The minimum atomic E-state index is -0.922. The summed E-state index contributed by atoms with van der Waals surface area (Å²) in [5.74, 6) is -0.0902. The molecule has 0 aliphatic carbocycles. The molecule has 0 saturated carbocycles. The van der Waals surface area contributed by atoms with Gasteiger partial charge in [0.15, 0.2) is 5.60 Å². The Morgan fingerprint density at radius 2 is 1.84 bits per heavy atom. The van der Waals surface area contributed by atoms with E-state index in [4.69, 9.17) is 4.74 Å². The van der Waals surface area contributed by atoms with Crippen molar-refractivity contribution in [3.8, 4) is 11.1 Å². The van der Waals surface area contributed by atoms with Crippen molar-refractivity contribution in [1.82, 2.24) is 20.2 Å². The monoisotopic (exact) mass is 416 g/mol. The average Bonchev–Trinajstić information content (AvgIpc) is 2.80. The zero-order valence-corrected chi connectivity index (χ0v) is 18.0. The summed E-state index contributed by atoms with van der Waals surface area (Å²) in [5.41, 5.74) is 4.39. The molecule has 1 amide bonds. The Kier molecular flexibility index (Phi) is 6.39. The predicted octanol–water partition coefficient (Wildman–Crippen LogP) is 3.01. The highest BCUT2D eigenvalue weighted by atomic mass is 16.5. The number of aryl methyl sites for hydroxylation is 1. The van der Waals surface area contributed by atoms with Gasteiger partial charge in [0, 0.05) is 51.2 Å². The number of rotatable bonds is 6. The van der Waals surface area contributed by atoms with Crippen LogP contribution in [0.5, 0.6) is 0 Å². The summed E-state index contributed by atoms with van der Waals surface area (Å²) in [6.45, 7) is 4.50. The molecule has 4 rings (SSSR count). The van der Waals surface area contributed by atoms with Crippen molar-refractivity contribution in [2.45, 2.75) is 25.5 Å². The fraction of sp³-hybridized carbons (Fsp3) is 0.320. The number of hydrogen-bond acceptors (Lipinski definition) is 5. The van der Waals surface area contributed by atoms with Gasteiger partial charge in [-0.1, -0.05) is 30.3 Å². The Balaban J connectivity index is 1.53. The summed E-state index contributed by atoms with van der Waals surface area (Å²) in [7, 11) is 1.67. The number of pyridine rings is 2. The highest BCUT2D eigenvalue weighted by Crippen LogP contribution is 2.26. The van der Waals surface area contributed by atoms with E-state index < -0.39 is 5.60 Å². The third-order valence-corrected chi connectivity index (χ3v) is 5.69. The number of amides is 1. The van der Waals surface area contributed by atoms with Gasteiger partial charge < -0.3 is 10.1 Å². The van der Waals surface area contributed by atoms with Crippen molar-refractivity contribution in [1.29, 1.82) is 0 Å². The maximum absolute atomic E-state index is 12.9. The van der Waals surface area contributed by atoms with Crippen LogP contribution in [0.2, 0.25) is 0 Å². The first-order chi connectivity index (χ1) is 15.1. The van der Waals surface area contributed by atoms with Gasteiger partial charge in [0.25, 0.3) is 5.91 Å². The van der Waals surface area contributed by atoms with E-state index in [1.165, 1.54) is 0 Å². The molecular formula is C25H28N4O2. The van der Waals surface area contributed by atoms with Gasteiger partial charge in [-0.25, -0.2) is 0 Å². The SMILES string of the molecule is CNC(=O)C1(Cc2ccc(-c3ccncc3)cc2)CN(Cc2cccc(C)n2)CCO1. The number of carbonyl (C=O) groups is 1. The van der Waals surface area contributed by atoms with Crippen LogP contribution in [0.15, 0.2) is 67.0 Å². The van der Waals surface area contributed by atoms with E-state index >= 15 is 0 Å². The first kappa shape index (κ1) is 21.2. The molecule has 31 heavy (non-hydrogen) atoms. The van der Waals surface area contributed by atoms with E-state index in [0.717, 1.165) is 34.6 Å². The van der Waals surface area contributed by atoms with Crippen LogP contribution < -0.4 is 5.32 Å². The van der Waals surface area contributed by atoms with Crippen molar-refractivity contribution in [3.05, 3.63) is 83.9 Å². The average molecular weight is 417 g/mol. The number of carbonyl (C=O) groups excluding carboxylic acids is 1. The van der Waals surface area contributed by atoms with Crippen molar-refractivity contribution in [3.63, 3.8) is 0 Å². The highest BCUT2D eigenvalue weighted by Gasteiger charge is 2.43. The first-order valence-electron chi connectivity index (χ1n) is 10.6. The van der Waals surface area contributed by atoms with Crippen LogP contribution in [-0.2, 0) is 22.5 Å². The summed E-state index contributed by atoms with van der Waals surface area (Å²) in [6.07, 6.45) is 4.09. The van der Waals surface area contributed by atoms with Crippen LogP contribution in [0.4, 0.5) is 0 Å². The third-order valence-electron chi connectivity index (χ3n) is 5.69. The molecule has 160 valence electrons. The van der Waals surface area contributed by atoms with E-state index in [9.17, 15) is 4.79 Å². The van der Waals surface area contributed by atoms with Gasteiger partial charge in [-0.2, -0.15) is 0 Å². The molecule has 0 bridgehead atoms. The molecule has 1 aliphatic heterocycles. The topological polar surface area (TPSA) is 67.4 Å². The van der Waals surface area contributed by atoms with E-state index in [2.05, 4.69) is 44.5 Å². The van der Waals surface area contributed by atoms with E-state index in [-0.39, 0.29) is 5.91 Å². The second kappa shape index (κ2) is 9.37.